The second kappa shape index (κ2) is 7.25. The largest absolute Gasteiger partial charge is 0.496 e. The van der Waals surface area contributed by atoms with Gasteiger partial charge in [0.05, 0.1) is 14.2 Å². The van der Waals surface area contributed by atoms with E-state index in [-0.39, 0.29) is 0 Å². The average molecular weight is 355 g/mol. The predicted octanol–water partition coefficient (Wildman–Crippen LogP) is 3.95. The zero-order valence-electron chi connectivity index (χ0n) is 14.5. The molecule has 0 spiro atoms. The summed E-state index contributed by atoms with van der Waals surface area (Å²) in [7, 11) is 3.23. The molecule has 2 aromatic heterocycles. The molecule has 1 unspecified atom stereocenters. The van der Waals surface area contributed by atoms with Crippen molar-refractivity contribution in [3.05, 3.63) is 75.7 Å². The van der Waals surface area contributed by atoms with Gasteiger partial charge in [0.25, 0.3) is 0 Å². The molecule has 0 fully saturated rings. The summed E-state index contributed by atoms with van der Waals surface area (Å²) in [6, 6.07) is 13.3. The smallest absolute Gasteiger partial charge is 0.133 e. The Kier molecular flexibility index (Phi) is 5.06. The number of thiophene rings is 1. The minimum atomic E-state index is -1.23. The highest BCUT2D eigenvalue weighted by Crippen LogP contribution is 2.42. The van der Waals surface area contributed by atoms with Crippen molar-refractivity contribution in [2.45, 2.75) is 18.9 Å². The third-order valence-corrected chi connectivity index (χ3v) is 5.28. The van der Waals surface area contributed by atoms with Crippen LogP contribution < -0.4 is 9.47 Å². The molecule has 3 aromatic rings. The third-order valence-electron chi connectivity index (χ3n) is 4.25. The summed E-state index contributed by atoms with van der Waals surface area (Å²) in [5, 5.41) is 13.7. The topological polar surface area (TPSA) is 51.6 Å². The normalized spacial score (nSPS) is 13.3. The van der Waals surface area contributed by atoms with E-state index in [1.807, 2.05) is 54.8 Å². The van der Waals surface area contributed by atoms with Crippen LogP contribution in [0.25, 0.3) is 0 Å². The van der Waals surface area contributed by atoms with Crippen molar-refractivity contribution in [3.8, 4) is 11.5 Å². The van der Waals surface area contributed by atoms with Gasteiger partial charge in [0, 0.05) is 34.8 Å². The second-order valence-corrected chi connectivity index (χ2v) is 6.81. The van der Waals surface area contributed by atoms with Gasteiger partial charge in [0.1, 0.15) is 17.1 Å². The summed E-state index contributed by atoms with van der Waals surface area (Å²) in [5.74, 6) is 1.32. The van der Waals surface area contributed by atoms with Crippen LogP contribution in [0.5, 0.6) is 11.5 Å². The molecule has 3 rings (SSSR count). The molecule has 0 aliphatic heterocycles. The van der Waals surface area contributed by atoms with Gasteiger partial charge in [-0.05, 0) is 42.1 Å². The van der Waals surface area contributed by atoms with Crippen LogP contribution in [0, 0.1) is 6.92 Å². The third kappa shape index (κ3) is 3.38. The van der Waals surface area contributed by atoms with Crippen LogP contribution in [-0.2, 0) is 12.0 Å². The Morgan fingerprint density at radius 2 is 1.88 bits per heavy atom. The first-order valence-corrected chi connectivity index (χ1v) is 8.86. The minimum Gasteiger partial charge on any atom is -0.496 e. The molecular weight excluding hydrogens is 334 g/mol. The first-order chi connectivity index (χ1) is 12.1. The van der Waals surface area contributed by atoms with Crippen molar-refractivity contribution in [2.24, 2.45) is 0 Å². The van der Waals surface area contributed by atoms with E-state index >= 15 is 0 Å². The number of aryl methyl sites for hydroxylation is 1. The van der Waals surface area contributed by atoms with E-state index in [1.165, 1.54) is 11.3 Å². The molecule has 1 aromatic carbocycles. The lowest BCUT2D eigenvalue weighted by atomic mass is 9.85. The van der Waals surface area contributed by atoms with Gasteiger partial charge < -0.3 is 14.6 Å². The first kappa shape index (κ1) is 17.5. The zero-order chi connectivity index (χ0) is 17.9. The van der Waals surface area contributed by atoms with Gasteiger partial charge in [-0.15, -0.1) is 11.3 Å². The highest BCUT2D eigenvalue weighted by atomic mass is 32.1. The van der Waals surface area contributed by atoms with E-state index in [9.17, 15) is 5.11 Å². The molecule has 0 saturated heterocycles. The van der Waals surface area contributed by atoms with E-state index in [0.29, 0.717) is 17.7 Å². The molecule has 0 aliphatic carbocycles. The Hall–Kier alpha value is -2.37. The molecule has 25 heavy (non-hydrogen) atoms. The van der Waals surface area contributed by atoms with E-state index in [0.717, 1.165) is 21.9 Å². The molecule has 1 atom stereocenters. The Balaban J connectivity index is 2.17. The van der Waals surface area contributed by atoms with E-state index in [1.54, 1.807) is 20.4 Å². The zero-order valence-corrected chi connectivity index (χ0v) is 15.3. The van der Waals surface area contributed by atoms with Gasteiger partial charge in [-0.25, -0.2) is 0 Å². The minimum absolute atomic E-state index is 0.358. The molecule has 0 aliphatic rings. The summed E-state index contributed by atoms with van der Waals surface area (Å²) in [4.78, 5) is 5.24. The van der Waals surface area contributed by atoms with Crippen molar-refractivity contribution in [2.75, 3.05) is 14.2 Å². The number of hydrogen-bond acceptors (Lipinski definition) is 5. The Morgan fingerprint density at radius 1 is 1.08 bits per heavy atom. The van der Waals surface area contributed by atoms with E-state index in [4.69, 9.17) is 9.47 Å². The summed E-state index contributed by atoms with van der Waals surface area (Å²) in [6.07, 6.45) is 2.09. The molecule has 0 amide bonds. The monoisotopic (exact) mass is 355 g/mol. The van der Waals surface area contributed by atoms with Crippen molar-refractivity contribution in [3.63, 3.8) is 0 Å². The van der Waals surface area contributed by atoms with Gasteiger partial charge in [-0.1, -0.05) is 12.1 Å². The van der Waals surface area contributed by atoms with Gasteiger partial charge in [0.2, 0.25) is 0 Å². The Bertz CT molecular complexity index is 834. The lowest BCUT2D eigenvalue weighted by Gasteiger charge is -2.30. The van der Waals surface area contributed by atoms with Gasteiger partial charge in [-0.2, -0.15) is 0 Å². The molecule has 0 radical (unpaired) electrons. The molecule has 5 heteroatoms. The number of nitrogens with zero attached hydrogens (tertiary/aromatic N) is 1. The van der Waals surface area contributed by atoms with Crippen molar-refractivity contribution < 1.29 is 14.6 Å². The van der Waals surface area contributed by atoms with Gasteiger partial charge in [0.15, 0.2) is 0 Å². The summed E-state index contributed by atoms with van der Waals surface area (Å²) in [5.41, 5.74) is 1.23. The summed E-state index contributed by atoms with van der Waals surface area (Å²) >= 11 is 1.51. The van der Waals surface area contributed by atoms with Crippen LogP contribution in [0.15, 0.2) is 54.0 Å². The van der Waals surface area contributed by atoms with E-state index in [2.05, 4.69) is 4.98 Å². The fourth-order valence-corrected chi connectivity index (χ4v) is 3.81. The number of pyridine rings is 1. The predicted molar refractivity (Wildman–Crippen MR) is 99.5 cm³/mol. The fourth-order valence-electron chi connectivity index (χ4n) is 2.98. The van der Waals surface area contributed by atoms with Crippen molar-refractivity contribution in [1.82, 2.24) is 4.98 Å². The van der Waals surface area contributed by atoms with Crippen molar-refractivity contribution >= 4 is 11.3 Å². The average Bonchev–Trinajstić information content (AvgIpc) is 3.17. The van der Waals surface area contributed by atoms with E-state index < -0.39 is 5.60 Å². The highest BCUT2D eigenvalue weighted by Gasteiger charge is 2.36. The SMILES string of the molecule is COc1cc(OC)c(C(O)(Cc2ccccn2)c2cccs2)cc1C. The molecule has 2 heterocycles. The van der Waals surface area contributed by atoms with Crippen LogP contribution in [-0.4, -0.2) is 24.3 Å². The number of ether oxygens (including phenoxy) is 2. The molecule has 4 nitrogen and oxygen atoms in total. The van der Waals surface area contributed by atoms with Crippen LogP contribution in [0.2, 0.25) is 0 Å². The molecule has 130 valence electrons. The summed E-state index contributed by atoms with van der Waals surface area (Å²) < 4.78 is 11.0. The number of benzene rings is 1. The maximum atomic E-state index is 11.7. The lowest BCUT2D eigenvalue weighted by Crippen LogP contribution is -2.30. The quantitative estimate of drug-likeness (QED) is 0.727. The maximum Gasteiger partial charge on any atom is 0.133 e. The summed E-state index contributed by atoms with van der Waals surface area (Å²) in [6.45, 7) is 1.96. The van der Waals surface area contributed by atoms with Gasteiger partial charge >= 0.3 is 0 Å². The lowest BCUT2D eigenvalue weighted by molar-refractivity contribution is 0.0808. The van der Waals surface area contributed by atoms with Crippen LogP contribution in [0.1, 0.15) is 21.7 Å². The number of aliphatic hydroxyl groups is 1. The number of rotatable bonds is 6. The number of hydrogen-bond donors (Lipinski definition) is 1. The number of methoxy groups -OCH3 is 2. The highest BCUT2D eigenvalue weighted by molar-refractivity contribution is 7.10. The Labute approximate surface area is 151 Å². The van der Waals surface area contributed by atoms with Crippen LogP contribution in [0.4, 0.5) is 0 Å². The van der Waals surface area contributed by atoms with Crippen LogP contribution >= 0.6 is 11.3 Å². The maximum absolute atomic E-state index is 11.7. The Morgan fingerprint density at radius 3 is 2.48 bits per heavy atom. The molecule has 0 bridgehead atoms. The fraction of sp³-hybridized carbons (Fsp3) is 0.250. The number of aromatic nitrogens is 1. The van der Waals surface area contributed by atoms with Crippen molar-refractivity contribution in [1.29, 1.82) is 0 Å². The second-order valence-electron chi connectivity index (χ2n) is 5.86. The van der Waals surface area contributed by atoms with Gasteiger partial charge in [-0.3, -0.25) is 4.98 Å². The molecule has 1 N–H and O–H groups in total. The molecule has 0 saturated carbocycles. The molecular formula is C20H21NO3S. The standard InChI is InChI=1S/C20H21NO3S/c1-14-11-16(18(24-3)12-17(14)23-2)20(22,19-8-6-10-25-19)13-15-7-4-5-9-21-15/h4-12,22H,13H2,1-3H3. The first-order valence-electron chi connectivity index (χ1n) is 7.98. The van der Waals surface area contributed by atoms with Crippen LogP contribution in [0.3, 0.4) is 0 Å².